The Morgan fingerprint density at radius 2 is 1.93 bits per heavy atom. The van der Waals surface area contributed by atoms with Gasteiger partial charge in [-0.05, 0) is 32.4 Å². The quantitative estimate of drug-likeness (QED) is 0.118. The lowest BCUT2D eigenvalue weighted by atomic mass is 9.95. The van der Waals surface area contributed by atoms with Crippen LogP contribution in [0.1, 0.15) is 44.2 Å². The molecular formula is C25H43N12O3P. The molecule has 41 heavy (non-hydrogen) atoms. The topological polar surface area (TPSA) is 174 Å². The zero-order chi connectivity index (χ0) is 28.3. The van der Waals surface area contributed by atoms with Crippen molar-refractivity contribution in [1.29, 1.82) is 0 Å². The number of piperazine rings is 1. The average Bonchev–Trinajstić information content (AvgIpc) is 3.66. The summed E-state index contributed by atoms with van der Waals surface area (Å²) in [6, 6.07) is 0.722. The van der Waals surface area contributed by atoms with Crippen LogP contribution in [0.2, 0.25) is 0 Å². The number of hydrogen-bond donors (Lipinski definition) is 5. The molecule has 0 spiro atoms. The maximum atomic E-state index is 10.8. The minimum atomic E-state index is -2.88. The van der Waals surface area contributed by atoms with Crippen LogP contribution in [-0.4, -0.2) is 110 Å². The Morgan fingerprint density at radius 3 is 2.76 bits per heavy atom. The van der Waals surface area contributed by atoms with Crippen molar-refractivity contribution in [2.45, 2.75) is 57.7 Å². The van der Waals surface area contributed by atoms with E-state index >= 15 is 0 Å². The van der Waals surface area contributed by atoms with E-state index in [1.165, 1.54) is 32.1 Å². The Bertz CT molecular complexity index is 1230. The van der Waals surface area contributed by atoms with Crippen LogP contribution in [0.5, 0.6) is 0 Å². The zero-order valence-corrected chi connectivity index (χ0v) is 24.6. The van der Waals surface area contributed by atoms with Gasteiger partial charge in [0, 0.05) is 45.3 Å². The number of anilines is 2. The molecule has 0 amide bonds. The fraction of sp³-hybridized carbons (Fsp3) is 0.720. The number of nitrogens with zero attached hydrogens (tertiary/aromatic N) is 8. The molecule has 1 saturated heterocycles. The molecule has 1 atom stereocenters. The SMILES string of the molecule is O=[PH](O)OCCN1CCN(c2nc(NCc3cn(CCNCCCNC4CCCCC4)nn3)c3nc[nH]c3n2)CC1. The largest absolute Gasteiger partial charge is 0.362 e. The number of aromatic nitrogens is 7. The van der Waals surface area contributed by atoms with E-state index in [1.54, 1.807) is 6.33 Å². The molecule has 1 aliphatic heterocycles. The van der Waals surface area contributed by atoms with Crippen LogP contribution in [0, 0.1) is 0 Å². The second kappa shape index (κ2) is 15.5. The maximum absolute atomic E-state index is 10.8. The summed E-state index contributed by atoms with van der Waals surface area (Å²) in [5.41, 5.74) is 2.18. The molecule has 16 heteroatoms. The van der Waals surface area contributed by atoms with Gasteiger partial charge in [0.25, 0.3) is 0 Å². The highest BCUT2D eigenvalue weighted by molar-refractivity contribution is 7.32. The molecule has 2 fully saturated rings. The first kappa shape index (κ1) is 29.8. The smallest absolute Gasteiger partial charge is 0.316 e. The second-order valence-corrected chi connectivity index (χ2v) is 11.5. The van der Waals surface area contributed by atoms with Gasteiger partial charge in [-0.25, -0.2) is 4.98 Å². The molecule has 226 valence electrons. The lowest BCUT2D eigenvalue weighted by Crippen LogP contribution is -2.47. The molecule has 1 unspecified atom stereocenters. The molecule has 4 heterocycles. The van der Waals surface area contributed by atoms with E-state index in [4.69, 9.17) is 14.4 Å². The average molecular weight is 591 g/mol. The molecule has 5 N–H and O–H groups in total. The minimum absolute atomic E-state index is 0.248. The van der Waals surface area contributed by atoms with Gasteiger partial charge in [0.15, 0.2) is 11.5 Å². The highest BCUT2D eigenvalue weighted by Crippen LogP contribution is 2.22. The molecule has 0 radical (unpaired) electrons. The van der Waals surface area contributed by atoms with E-state index in [9.17, 15) is 4.57 Å². The summed E-state index contributed by atoms with van der Waals surface area (Å²) in [4.78, 5) is 30.1. The van der Waals surface area contributed by atoms with Crippen LogP contribution in [0.15, 0.2) is 12.5 Å². The van der Waals surface area contributed by atoms with Crippen LogP contribution in [0.3, 0.4) is 0 Å². The summed E-state index contributed by atoms with van der Waals surface area (Å²) < 4.78 is 17.4. The fourth-order valence-electron chi connectivity index (χ4n) is 5.37. The van der Waals surface area contributed by atoms with Crippen LogP contribution in [0.4, 0.5) is 11.8 Å². The summed E-state index contributed by atoms with van der Waals surface area (Å²) in [7, 11) is -2.88. The van der Waals surface area contributed by atoms with Crippen LogP contribution >= 0.6 is 8.25 Å². The van der Waals surface area contributed by atoms with E-state index in [2.05, 4.69) is 51.0 Å². The van der Waals surface area contributed by atoms with Gasteiger partial charge in [-0.3, -0.25) is 14.1 Å². The van der Waals surface area contributed by atoms with E-state index in [0.717, 1.165) is 70.5 Å². The predicted octanol–water partition coefficient (Wildman–Crippen LogP) is 0.979. The number of nitrogens with one attached hydrogen (secondary N) is 4. The lowest BCUT2D eigenvalue weighted by Gasteiger charge is -2.34. The summed E-state index contributed by atoms with van der Waals surface area (Å²) in [6.07, 6.45) is 11.5. The fourth-order valence-corrected chi connectivity index (χ4v) is 5.64. The molecule has 2 aliphatic rings. The molecule has 0 bridgehead atoms. The van der Waals surface area contributed by atoms with Crippen molar-refractivity contribution >= 4 is 31.2 Å². The number of fused-ring (bicyclic) bond motifs is 1. The lowest BCUT2D eigenvalue weighted by molar-refractivity contribution is 0.194. The third-order valence-electron chi connectivity index (χ3n) is 7.66. The summed E-state index contributed by atoms with van der Waals surface area (Å²) in [5.74, 6) is 1.28. The van der Waals surface area contributed by atoms with E-state index in [-0.39, 0.29) is 6.61 Å². The highest BCUT2D eigenvalue weighted by Gasteiger charge is 2.21. The minimum Gasteiger partial charge on any atom is -0.362 e. The summed E-state index contributed by atoms with van der Waals surface area (Å²) in [6.45, 7) is 8.09. The third-order valence-corrected chi connectivity index (χ3v) is 8.12. The van der Waals surface area contributed by atoms with Gasteiger partial charge < -0.3 is 35.3 Å². The van der Waals surface area contributed by atoms with Gasteiger partial charge in [0.1, 0.15) is 11.2 Å². The van der Waals surface area contributed by atoms with Crippen molar-refractivity contribution < 1.29 is 14.0 Å². The molecule has 3 aromatic heterocycles. The van der Waals surface area contributed by atoms with Crippen molar-refractivity contribution in [3.8, 4) is 0 Å². The Labute approximate surface area is 240 Å². The molecule has 1 saturated carbocycles. The Kier molecular flexibility index (Phi) is 11.3. The molecule has 3 aromatic rings. The Balaban J connectivity index is 1.04. The Hall–Kier alpha value is -2.68. The van der Waals surface area contributed by atoms with Gasteiger partial charge in [0.2, 0.25) is 5.95 Å². The third kappa shape index (κ3) is 9.15. The molecule has 15 nitrogen and oxygen atoms in total. The van der Waals surface area contributed by atoms with Crippen molar-refractivity contribution in [3.05, 3.63) is 18.2 Å². The first-order valence-corrected chi connectivity index (χ1v) is 16.0. The van der Waals surface area contributed by atoms with Crippen LogP contribution < -0.4 is 20.9 Å². The highest BCUT2D eigenvalue weighted by atomic mass is 31.1. The van der Waals surface area contributed by atoms with Gasteiger partial charge in [-0.2, -0.15) is 9.97 Å². The van der Waals surface area contributed by atoms with Crippen molar-refractivity contribution in [2.24, 2.45) is 0 Å². The first-order chi connectivity index (χ1) is 20.1. The standard InChI is InChI=1S/C25H43N12O3P/c38-41(39)40-16-15-35-11-13-36(14-12-35)25-31-23(22-24(32-25)30-19-29-22)28-17-21-18-37(34-33-21)10-9-26-7-4-8-27-20-5-2-1-3-6-20/h18-20,26-27,41H,1-17H2,(H,38,39)(H2,28,29,30,31,32). The number of H-pyrrole nitrogens is 1. The Morgan fingerprint density at radius 1 is 1.07 bits per heavy atom. The van der Waals surface area contributed by atoms with Gasteiger partial charge in [-0.15, -0.1) is 5.10 Å². The zero-order valence-electron chi connectivity index (χ0n) is 23.6. The predicted molar refractivity (Wildman–Crippen MR) is 157 cm³/mol. The summed E-state index contributed by atoms with van der Waals surface area (Å²) >= 11 is 0. The number of aromatic amines is 1. The molecule has 5 rings (SSSR count). The summed E-state index contributed by atoms with van der Waals surface area (Å²) in [5, 5.41) is 19.2. The normalized spacial score (nSPS) is 17.8. The van der Waals surface area contributed by atoms with Gasteiger partial charge in [-0.1, -0.05) is 24.5 Å². The molecular weight excluding hydrogens is 547 g/mol. The van der Waals surface area contributed by atoms with E-state index in [1.807, 2.05) is 10.9 Å². The van der Waals surface area contributed by atoms with Crippen molar-refractivity contribution in [1.82, 2.24) is 50.5 Å². The molecule has 0 aromatic carbocycles. The van der Waals surface area contributed by atoms with E-state index in [0.29, 0.717) is 36.0 Å². The van der Waals surface area contributed by atoms with E-state index < -0.39 is 8.25 Å². The van der Waals surface area contributed by atoms with Crippen LogP contribution in [0.25, 0.3) is 11.2 Å². The first-order valence-electron chi connectivity index (χ1n) is 14.7. The van der Waals surface area contributed by atoms with Gasteiger partial charge in [0.05, 0.1) is 32.2 Å². The van der Waals surface area contributed by atoms with Crippen molar-refractivity contribution in [2.75, 3.05) is 69.2 Å². The number of rotatable bonds is 16. The monoisotopic (exact) mass is 590 g/mol. The van der Waals surface area contributed by atoms with Crippen LogP contribution in [-0.2, 0) is 22.2 Å². The molecule has 1 aliphatic carbocycles. The second-order valence-electron chi connectivity index (χ2n) is 10.6. The number of hydrogen-bond acceptors (Lipinski definition) is 12. The van der Waals surface area contributed by atoms with Gasteiger partial charge >= 0.3 is 8.25 Å². The van der Waals surface area contributed by atoms with Crippen molar-refractivity contribution in [3.63, 3.8) is 0 Å². The number of imidazole rings is 1. The maximum Gasteiger partial charge on any atom is 0.316 e.